The average molecular weight is 420 g/mol. The van der Waals surface area contributed by atoms with Crippen molar-refractivity contribution in [1.29, 1.82) is 0 Å². The molecule has 8 heteroatoms. The van der Waals surface area contributed by atoms with Gasteiger partial charge in [-0.1, -0.05) is 0 Å². The standard InChI is InChI=1S/C21H29N3O4S/c1-13-10-16(11-17-18(13)23(4)20(26)21(17,2)3)29(27,28)24(15-7-8-15)19(25)14-6-5-9-22-12-14/h10-11,14-15,22H,5-9,12H2,1-4H3. The number of fused-ring (bicyclic) bond motifs is 1. The molecule has 2 aliphatic heterocycles. The van der Waals surface area contributed by atoms with Gasteiger partial charge >= 0.3 is 0 Å². The number of nitrogens with one attached hydrogen (secondary N) is 1. The summed E-state index contributed by atoms with van der Waals surface area (Å²) in [7, 11) is -2.27. The zero-order valence-corrected chi connectivity index (χ0v) is 18.3. The summed E-state index contributed by atoms with van der Waals surface area (Å²) in [6, 6.07) is 2.95. The summed E-state index contributed by atoms with van der Waals surface area (Å²) in [6.45, 7) is 6.82. The Hall–Kier alpha value is -1.93. The van der Waals surface area contributed by atoms with Crippen molar-refractivity contribution in [2.45, 2.75) is 62.8 Å². The summed E-state index contributed by atoms with van der Waals surface area (Å²) >= 11 is 0. The smallest absolute Gasteiger partial charge is 0.266 e. The van der Waals surface area contributed by atoms with Gasteiger partial charge in [0.25, 0.3) is 10.0 Å². The van der Waals surface area contributed by atoms with Crippen LogP contribution in [-0.2, 0) is 25.0 Å². The first-order valence-corrected chi connectivity index (χ1v) is 11.7. The summed E-state index contributed by atoms with van der Waals surface area (Å²) in [5.74, 6) is -0.669. The molecule has 0 radical (unpaired) electrons. The molecule has 3 aliphatic rings. The summed E-state index contributed by atoms with van der Waals surface area (Å²) in [5.41, 5.74) is 1.39. The fourth-order valence-corrected chi connectivity index (χ4v) is 6.42. The summed E-state index contributed by atoms with van der Waals surface area (Å²) in [5, 5.41) is 3.20. The number of likely N-dealkylation sites (N-methyl/N-ethyl adjacent to an activating group) is 1. The lowest BCUT2D eigenvalue weighted by molar-refractivity contribution is -0.131. The largest absolute Gasteiger partial charge is 0.316 e. The minimum Gasteiger partial charge on any atom is -0.316 e. The van der Waals surface area contributed by atoms with E-state index >= 15 is 0 Å². The molecule has 1 atom stereocenters. The molecule has 2 fully saturated rings. The van der Waals surface area contributed by atoms with Crippen LogP contribution in [0.5, 0.6) is 0 Å². The maximum Gasteiger partial charge on any atom is 0.266 e. The Kier molecular flexibility index (Phi) is 4.77. The fourth-order valence-electron chi connectivity index (χ4n) is 4.61. The second-order valence-electron chi connectivity index (χ2n) is 9.04. The molecule has 0 spiro atoms. The fraction of sp³-hybridized carbons (Fsp3) is 0.619. The Morgan fingerprint density at radius 3 is 2.52 bits per heavy atom. The molecule has 7 nitrogen and oxygen atoms in total. The van der Waals surface area contributed by atoms with Gasteiger partial charge in [-0.25, -0.2) is 12.7 Å². The number of carbonyl (C=O) groups excluding carboxylic acids is 2. The van der Waals surface area contributed by atoms with Gasteiger partial charge in [-0.05, 0) is 76.3 Å². The molecule has 2 heterocycles. The van der Waals surface area contributed by atoms with Crippen molar-refractivity contribution in [1.82, 2.24) is 9.62 Å². The molecule has 2 amide bonds. The number of piperidine rings is 1. The van der Waals surface area contributed by atoms with Crippen LogP contribution in [0, 0.1) is 12.8 Å². The maximum atomic E-state index is 13.6. The summed E-state index contributed by atoms with van der Waals surface area (Å²) < 4.78 is 28.4. The van der Waals surface area contributed by atoms with Gasteiger partial charge in [0.15, 0.2) is 0 Å². The lowest BCUT2D eigenvalue weighted by atomic mass is 9.85. The van der Waals surface area contributed by atoms with E-state index in [1.807, 2.05) is 20.8 Å². The topological polar surface area (TPSA) is 86.8 Å². The van der Waals surface area contributed by atoms with Gasteiger partial charge in [0.05, 0.1) is 21.9 Å². The molecule has 0 aromatic heterocycles. The molecule has 29 heavy (non-hydrogen) atoms. The van der Waals surface area contributed by atoms with E-state index in [1.165, 1.54) is 0 Å². The van der Waals surface area contributed by atoms with Crippen LogP contribution in [0.25, 0.3) is 0 Å². The number of hydrogen-bond acceptors (Lipinski definition) is 5. The molecule has 1 aromatic rings. The number of amides is 2. The summed E-state index contributed by atoms with van der Waals surface area (Å²) in [4.78, 5) is 27.6. The minimum atomic E-state index is -3.99. The van der Waals surface area contributed by atoms with Crippen molar-refractivity contribution in [3.05, 3.63) is 23.3 Å². The van der Waals surface area contributed by atoms with Gasteiger partial charge < -0.3 is 10.2 Å². The van der Waals surface area contributed by atoms with Crippen LogP contribution in [0.3, 0.4) is 0 Å². The van der Waals surface area contributed by atoms with Crippen molar-refractivity contribution in [2.24, 2.45) is 5.92 Å². The molecule has 1 aromatic carbocycles. The number of aryl methyl sites for hydroxylation is 1. The van der Waals surface area contributed by atoms with Gasteiger partial charge in [-0.3, -0.25) is 9.59 Å². The summed E-state index contributed by atoms with van der Waals surface area (Å²) in [6.07, 6.45) is 3.00. The van der Waals surface area contributed by atoms with Gasteiger partial charge in [-0.15, -0.1) is 0 Å². The zero-order valence-electron chi connectivity index (χ0n) is 17.5. The van der Waals surface area contributed by atoms with Crippen LogP contribution < -0.4 is 10.2 Å². The quantitative estimate of drug-likeness (QED) is 0.806. The monoisotopic (exact) mass is 419 g/mol. The molecule has 158 valence electrons. The molecular formula is C21H29N3O4S. The van der Waals surface area contributed by atoms with E-state index in [2.05, 4.69) is 5.32 Å². The highest BCUT2D eigenvalue weighted by Gasteiger charge is 2.47. The highest BCUT2D eigenvalue weighted by atomic mass is 32.2. The number of anilines is 1. The van der Waals surface area contributed by atoms with Crippen molar-refractivity contribution in [3.8, 4) is 0 Å². The maximum absolute atomic E-state index is 13.6. The van der Waals surface area contributed by atoms with Gasteiger partial charge in [0.2, 0.25) is 11.8 Å². The Morgan fingerprint density at radius 1 is 1.24 bits per heavy atom. The van der Waals surface area contributed by atoms with Crippen molar-refractivity contribution < 1.29 is 18.0 Å². The second kappa shape index (κ2) is 6.80. The van der Waals surface area contributed by atoms with E-state index in [-0.39, 0.29) is 28.7 Å². The molecule has 1 unspecified atom stereocenters. The van der Waals surface area contributed by atoms with Crippen LogP contribution in [0.15, 0.2) is 17.0 Å². The highest BCUT2D eigenvalue weighted by molar-refractivity contribution is 7.89. The van der Waals surface area contributed by atoms with E-state index < -0.39 is 15.4 Å². The molecule has 1 saturated heterocycles. The van der Waals surface area contributed by atoms with E-state index in [4.69, 9.17) is 0 Å². The van der Waals surface area contributed by atoms with Crippen molar-refractivity contribution >= 4 is 27.5 Å². The van der Waals surface area contributed by atoms with E-state index in [9.17, 15) is 18.0 Å². The van der Waals surface area contributed by atoms with E-state index in [0.717, 1.165) is 28.5 Å². The average Bonchev–Trinajstić information content (AvgIpc) is 3.48. The third-order valence-corrected chi connectivity index (χ3v) is 8.25. The van der Waals surface area contributed by atoms with Crippen LogP contribution >= 0.6 is 0 Å². The Labute approximate surface area is 172 Å². The first-order valence-electron chi connectivity index (χ1n) is 10.3. The number of nitrogens with zero attached hydrogens (tertiary/aromatic N) is 2. The van der Waals surface area contributed by atoms with Crippen LogP contribution in [0.2, 0.25) is 0 Å². The Bertz CT molecular complexity index is 976. The Balaban J connectivity index is 1.77. The van der Waals surface area contributed by atoms with Crippen molar-refractivity contribution in [2.75, 3.05) is 25.0 Å². The first kappa shape index (κ1) is 20.3. The normalized spacial score (nSPS) is 23.8. The second-order valence-corrected chi connectivity index (χ2v) is 10.9. The minimum absolute atomic E-state index is 0.0615. The number of rotatable bonds is 4. The third kappa shape index (κ3) is 3.17. The third-order valence-electron chi connectivity index (χ3n) is 6.42. The van der Waals surface area contributed by atoms with E-state index in [0.29, 0.717) is 31.4 Å². The predicted molar refractivity (Wildman–Crippen MR) is 110 cm³/mol. The molecule has 1 aliphatic carbocycles. The Morgan fingerprint density at radius 2 is 1.93 bits per heavy atom. The number of benzene rings is 1. The molecule has 1 saturated carbocycles. The van der Waals surface area contributed by atoms with Crippen LogP contribution in [0.1, 0.15) is 50.7 Å². The number of hydrogen-bond donors (Lipinski definition) is 1. The number of sulfonamides is 1. The van der Waals surface area contributed by atoms with Crippen LogP contribution in [0.4, 0.5) is 5.69 Å². The molecule has 1 N–H and O–H groups in total. The predicted octanol–water partition coefficient (Wildman–Crippen LogP) is 1.93. The lowest BCUT2D eigenvalue weighted by Crippen LogP contribution is -2.46. The molecule has 4 rings (SSSR count). The zero-order chi connectivity index (χ0) is 21.1. The molecular weight excluding hydrogens is 390 g/mol. The lowest BCUT2D eigenvalue weighted by Gasteiger charge is -2.29. The van der Waals surface area contributed by atoms with Gasteiger partial charge in [0, 0.05) is 19.6 Å². The molecule has 0 bridgehead atoms. The van der Waals surface area contributed by atoms with E-state index in [1.54, 1.807) is 24.1 Å². The number of carbonyl (C=O) groups is 2. The SMILES string of the molecule is Cc1cc(S(=O)(=O)N(C(=O)C2CCCNC2)C2CC2)cc2c1N(C)C(=O)C2(C)C. The van der Waals surface area contributed by atoms with Gasteiger partial charge in [0.1, 0.15) is 0 Å². The van der Waals surface area contributed by atoms with Crippen LogP contribution in [-0.4, -0.2) is 50.7 Å². The van der Waals surface area contributed by atoms with Crippen molar-refractivity contribution in [3.63, 3.8) is 0 Å². The highest BCUT2D eigenvalue weighted by Crippen LogP contribution is 2.45. The van der Waals surface area contributed by atoms with Gasteiger partial charge in [-0.2, -0.15) is 0 Å². The first-order chi connectivity index (χ1) is 13.6.